The molecule has 1 atom stereocenters. The number of anilines is 3. The molecule has 4 N–H and O–H groups in total. The molecule has 3 aromatic rings. The number of hydrogen-bond acceptors (Lipinski definition) is 9. The Bertz CT molecular complexity index is 1460. The van der Waals surface area contributed by atoms with Crippen LogP contribution in [0, 0.1) is 17.2 Å². The number of nitrogens with two attached hydrogens (primary N) is 1. The number of carbonyl (C=O) groups excluding carboxylic acids is 2. The van der Waals surface area contributed by atoms with Gasteiger partial charge < -0.3 is 26.0 Å². The molecule has 210 valence electrons. The van der Waals surface area contributed by atoms with Crippen molar-refractivity contribution in [2.45, 2.75) is 50.6 Å². The van der Waals surface area contributed by atoms with Gasteiger partial charge in [0.15, 0.2) is 5.65 Å². The van der Waals surface area contributed by atoms with Crippen molar-refractivity contribution < 1.29 is 14.3 Å². The third-order valence-electron chi connectivity index (χ3n) is 7.49. The fourth-order valence-electron chi connectivity index (χ4n) is 5.45. The van der Waals surface area contributed by atoms with Crippen LogP contribution in [0.2, 0.25) is 10.0 Å². The van der Waals surface area contributed by atoms with Crippen molar-refractivity contribution in [3.8, 4) is 6.07 Å². The topological polar surface area (TPSA) is 164 Å². The summed E-state index contributed by atoms with van der Waals surface area (Å²) >= 11 is 12.9. The summed E-state index contributed by atoms with van der Waals surface area (Å²) in [5.41, 5.74) is 7.49. The Morgan fingerprint density at radius 1 is 1.15 bits per heavy atom. The minimum absolute atomic E-state index is 0.0220. The van der Waals surface area contributed by atoms with Gasteiger partial charge in [-0.05, 0) is 50.7 Å². The molecule has 2 fully saturated rings. The molecule has 2 aliphatic rings. The molecule has 3 heterocycles. The first kappa shape index (κ1) is 27.7. The van der Waals surface area contributed by atoms with Crippen molar-refractivity contribution in [2.75, 3.05) is 30.8 Å². The largest absolute Gasteiger partial charge is 0.453 e. The van der Waals surface area contributed by atoms with Crippen LogP contribution in [0.3, 0.4) is 0 Å². The van der Waals surface area contributed by atoms with E-state index < -0.39 is 0 Å². The molecule has 1 aromatic carbocycles. The number of imidazole rings is 1. The van der Waals surface area contributed by atoms with E-state index in [4.69, 9.17) is 43.6 Å². The Balaban J connectivity index is 1.49. The fraction of sp³-hybridized carbons (Fsp3) is 0.462. The molecular formula is C26H29Cl2N9O3. The van der Waals surface area contributed by atoms with Crippen molar-refractivity contribution in [1.82, 2.24) is 24.4 Å². The summed E-state index contributed by atoms with van der Waals surface area (Å²) in [5, 5.41) is 16.4. The van der Waals surface area contributed by atoms with E-state index in [1.807, 2.05) is 10.6 Å². The second-order valence-electron chi connectivity index (χ2n) is 10.1. The number of nitrogens with zero attached hydrogens (tertiary/aromatic N) is 6. The molecule has 12 nitrogen and oxygen atoms in total. The van der Waals surface area contributed by atoms with Gasteiger partial charge in [0.2, 0.25) is 17.8 Å². The first-order valence-corrected chi connectivity index (χ1v) is 13.8. The lowest BCUT2D eigenvalue weighted by molar-refractivity contribution is -0.122. The number of nitrogens with one attached hydrogen (secondary N) is 2. The molecule has 1 aliphatic carbocycles. The Hall–Kier alpha value is -3.82. The Morgan fingerprint density at radius 3 is 2.52 bits per heavy atom. The number of piperidine rings is 1. The second kappa shape index (κ2) is 11.7. The number of fused-ring (bicyclic) bond motifs is 1. The number of halogens is 2. The highest BCUT2D eigenvalue weighted by molar-refractivity contribution is 6.39. The number of hydrogen-bond donors (Lipinski definition) is 3. The predicted molar refractivity (Wildman–Crippen MR) is 151 cm³/mol. The van der Waals surface area contributed by atoms with Crippen LogP contribution in [0.1, 0.15) is 50.1 Å². The van der Waals surface area contributed by atoms with E-state index in [1.165, 1.54) is 19.2 Å². The molecule has 1 saturated heterocycles. The monoisotopic (exact) mass is 585 g/mol. The molecule has 5 rings (SSSR count). The lowest BCUT2D eigenvalue weighted by Crippen LogP contribution is -2.45. The molecule has 2 amide bonds. The summed E-state index contributed by atoms with van der Waals surface area (Å²) < 4.78 is 6.87. The van der Waals surface area contributed by atoms with Gasteiger partial charge in [0.05, 0.1) is 40.7 Å². The number of likely N-dealkylation sites (tertiary alicyclic amines) is 1. The van der Waals surface area contributed by atoms with Crippen molar-refractivity contribution in [3.05, 3.63) is 33.9 Å². The first-order valence-electron chi connectivity index (χ1n) is 13.1. The van der Waals surface area contributed by atoms with Crippen LogP contribution >= 0.6 is 23.2 Å². The second-order valence-corrected chi connectivity index (χ2v) is 10.9. The first-order chi connectivity index (χ1) is 19.3. The van der Waals surface area contributed by atoms with Gasteiger partial charge in [-0.3, -0.25) is 9.36 Å². The molecule has 0 unspecified atom stereocenters. The van der Waals surface area contributed by atoms with Gasteiger partial charge in [0, 0.05) is 31.1 Å². The van der Waals surface area contributed by atoms with Crippen LogP contribution < -0.4 is 16.4 Å². The van der Waals surface area contributed by atoms with E-state index in [9.17, 15) is 14.9 Å². The summed E-state index contributed by atoms with van der Waals surface area (Å²) in [5.74, 6) is 0.427. The van der Waals surface area contributed by atoms with Crippen LogP contribution in [0.25, 0.3) is 11.2 Å². The third-order valence-corrected chi connectivity index (χ3v) is 8.09. The summed E-state index contributed by atoms with van der Waals surface area (Å²) in [4.78, 5) is 39.5. The Kier molecular flexibility index (Phi) is 8.14. The van der Waals surface area contributed by atoms with E-state index in [-0.39, 0.29) is 40.0 Å². The quantitative estimate of drug-likeness (QED) is 0.374. The number of primary amides is 1. The number of methoxy groups -OCH3 is 1. The Morgan fingerprint density at radius 2 is 1.88 bits per heavy atom. The Labute approximate surface area is 240 Å². The predicted octanol–water partition coefficient (Wildman–Crippen LogP) is 4.61. The van der Waals surface area contributed by atoms with Gasteiger partial charge in [-0.15, -0.1) is 0 Å². The zero-order valence-corrected chi connectivity index (χ0v) is 23.4. The lowest BCUT2D eigenvalue weighted by atomic mass is 9.85. The molecular weight excluding hydrogens is 557 g/mol. The number of aromatic nitrogens is 4. The van der Waals surface area contributed by atoms with E-state index in [1.54, 1.807) is 11.1 Å². The number of ether oxygens (including phenoxy) is 1. The average Bonchev–Trinajstić information content (AvgIpc) is 3.31. The SMILES string of the molecule is COC(=O)N1CCC[C@@H](Nc2ncc3nc(Nc4c(Cl)cc(C#N)cc4Cl)n([C@H]4CC[C@@H](C(N)=O)CC4)c3n2)C1. The molecule has 1 saturated carbocycles. The average molecular weight is 586 g/mol. The lowest BCUT2D eigenvalue weighted by Gasteiger charge is -2.32. The van der Waals surface area contributed by atoms with Crippen molar-refractivity contribution >= 4 is 64.0 Å². The highest BCUT2D eigenvalue weighted by Crippen LogP contribution is 2.39. The van der Waals surface area contributed by atoms with Crippen molar-refractivity contribution in [3.63, 3.8) is 0 Å². The van der Waals surface area contributed by atoms with Crippen molar-refractivity contribution in [1.29, 1.82) is 5.26 Å². The number of rotatable bonds is 6. The number of nitriles is 1. The normalized spacial score (nSPS) is 21.1. The number of benzene rings is 1. The minimum atomic E-state index is -0.358. The standard InChI is InChI=1S/C26H29Cl2N9O3/c1-40-26(39)36-8-2-3-16(13-36)32-24-31-12-20-23(35-24)37(17-6-4-15(5-7-17)22(30)38)25(33-20)34-21-18(27)9-14(11-29)10-19(21)28/h9-10,12,15-17H,2-8,13H2,1H3,(H2,30,38)(H,33,34)(H,31,32,35)/t15-,16-,17+/m1/s1. The van der Waals surface area contributed by atoms with E-state index >= 15 is 0 Å². The van der Waals surface area contributed by atoms with Crippen molar-refractivity contribution in [2.24, 2.45) is 11.7 Å². The third kappa shape index (κ3) is 5.71. The van der Waals surface area contributed by atoms with Gasteiger partial charge in [0.25, 0.3) is 0 Å². The van der Waals surface area contributed by atoms with Gasteiger partial charge in [0.1, 0.15) is 5.52 Å². The van der Waals surface area contributed by atoms with Crippen LogP contribution in [0.4, 0.5) is 22.4 Å². The van der Waals surface area contributed by atoms with Gasteiger partial charge >= 0.3 is 6.09 Å². The summed E-state index contributed by atoms with van der Waals surface area (Å²) in [6.45, 7) is 1.12. The van der Waals surface area contributed by atoms with Crippen LogP contribution in [-0.4, -0.2) is 62.7 Å². The van der Waals surface area contributed by atoms with Gasteiger partial charge in [-0.2, -0.15) is 10.2 Å². The highest BCUT2D eigenvalue weighted by Gasteiger charge is 2.30. The summed E-state index contributed by atoms with van der Waals surface area (Å²) in [6.07, 6.45) is 5.67. The molecule has 2 aromatic heterocycles. The zero-order chi connectivity index (χ0) is 28.4. The number of carbonyl (C=O) groups is 2. The summed E-state index contributed by atoms with van der Waals surface area (Å²) in [6, 6.07) is 5.04. The molecule has 40 heavy (non-hydrogen) atoms. The van der Waals surface area contributed by atoms with Crippen LogP contribution in [0.5, 0.6) is 0 Å². The zero-order valence-electron chi connectivity index (χ0n) is 21.9. The molecule has 0 bridgehead atoms. The van der Waals surface area contributed by atoms with Gasteiger partial charge in [-0.1, -0.05) is 23.2 Å². The highest BCUT2D eigenvalue weighted by atomic mass is 35.5. The minimum Gasteiger partial charge on any atom is -0.453 e. The maximum absolute atomic E-state index is 12.0. The smallest absolute Gasteiger partial charge is 0.409 e. The maximum atomic E-state index is 12.0. The van der Waals surface area contributed by atoms with Crippen LogP contribution in [-0.2, 0) is 9.53 Å². The molecule has 0 spiro atoms. The van der Waals surface area contributed by atoms with E-state index in [2.05, 4.69) is 15.6 Å². The van der Waals surface area contributed by atoms with Gasteiger partial charge in [-0.25, -0.2) is 14.8 Å². The van der Waals surface area contributed by atoms with Crippen LogP contribution in [0.15, 0.2) is 18.3 Å². The molecule has 1 aliphatic heterocycles. The fourth-order valence-corrected chi connectivity index (χ4v) is 6.04. The molecule has 14 heteroatoms. The van der Waals surface area contributed by atoms with E-state index in [0.29, 0.717) is 73.1 Å². The summed E-state index contributed by atoms with van der Waals surface area (Å²) in [7, 11) is 1.37. The van der Waals surface area contributed by atoms with E-state index in [0.717, 1.165) is 12.8 Å². The number of amides is 2. The maximum Gasteiger partial charge on any atom is 0.409 e. The molecule has 0 radical (unpaired) electrons.